The van der Waals surface area contributed by atoms with E-state index in [1.54, 1.807) is 37.5 Å². The molecule has 0 aliphatic heterocycles. The van der Waals surface area contributed by atoms with E-state index >= 15 is 0 Å². The van der Waals surface area contributed by atoms with E-state index in [1.807, 2.05) is 87.9 Å². The Kier molecular flexibility index (Phi) is 8.79. The minimum absolute atomic E-state index is 0.0381. The second-order valence-electron chi connectivity index (χ2n) is 9.17. The van der Waals surface area contributed by atoms with Crippen LogP contribution in [0.1, 0.15) is 25.0 Å². The normalized spacial score (nSPS) is 12.2. The van der Waals surface area contributed by atoms with Gasteiger partial charge in [-0.05, 0) is 45.0 Å². The molecule has 9 heteroatoms. The van der Waals surface area contributed by atoms with Crippen LogP contribution in [0.25, 0.3) is 0 Å². The van der Waals surface area contributed by atoms with Crippen molar-refractivity contribution in [1.82, 2.24) is 8.87 Å². The number of carbonyl (C=O) groups is 1. The van der Waals surface area contributed by atoms with Crippen LogP contribution in [0.15, 0.2) is 77.5 Å². The smallest absolute Gasteiger partial charge is 0.266 e. The van der Waals surface area contributed by atoms with E-state index in [4.69, 9.17) is 4.74 Å². The fraction of sp³-hybridized carbons (Fsp3) is 0.333. The van der Waals surface area contributed by atoms with Crippen LogP contribution in [0.4, 0.5) is 0 Å². The van der Waals surface area contributed by atoms with Crippen molar-refractivity contribution < 1.29 is 22.5 Å². The SMILES string of the molecule is COc1ccc(CC([B-]c2n(C)cc[n+]2C)C(=O)N(CC=C(C)C)S(=O)(=O)c2ccc(C)cc2)cc1. The predicted octanol–water partition coefficient (Wildman–Crippen LogP) is 2.71. The summed E-state index contributed by atoms with van der Waals surface area (Å²) in [6.07, 6.45) is 5.88. The molecule has 0 fully saturated rings. The van der Waals surface area contributed by atoms with Crippen molar-refractivity contribution in [2.45, 2.75) is 37.9 Å². The Labute approximate surface area is 215 Å². The van der Waals surface area contributed by atoms with Gasteiger partial charge in [0.1, 0.15) is 18.1 Å². The highest BCUT2D eigenvalue weighted by Crippen LogP contribution is 2.24. The van der Waals surface area contributed by atoms with Gasteiger partial charge in [0, 0.05) is 5.72 Å². The molecule has 1 heterocycles. The minimum Gasteiger partial charge on any atom is -0.497 e. The number of aryl methyl sites for hydroxylation is 3. The minimum atomic E-state index is -4.07. The molecule has 0 N–H and O–H groups in total. The maximum absolute atomic E-state index is 14.1. The average molecular weight is 507 g/mol. The second-order valence-corrected chi connectivity index (χ2v) is 11.0. The summed E-state index contributed by atoms with van der Waals surface area (Å²) >= 11 is 0. The van der Waals surface area contributed by atoms with Gasteiger partial charge in [-0.1, -0.05) is 53.5 Å². The molecule has 1 atom stereocenters. The standard InChI is InChI=1S/C27H34BN3O4S/c1-20(2)15-16-31(36(33,34)24-13-7-21(3)8-14-24)26(32)25(28-27-29(4)17-18-30(27)5)19-22-9-11-23(35-6)12-10-22/h7-15,17-18,25H,16,19H2,1-6H3. The molecule has 0 spiro atoms. The number of benzene rings is 2. The van der Waals surface area contributed by atoms with Gasteiger partial charge in [-0.3, -0.25) is 13.9 Å². The van der Waals surface area contributed by atoms with Crippen LogP contribution < -0.4 is 15.0 Å². The molecule has 1 amide bonds. The first-order chi connectivity index (χ1) is 17.0. The molecule has 190 valence electrons. The molecule has 0 aliphatic rings. The molecule has 0 saturated heterocycles. The highest BCUT2D eigenvalue weighted by Gasteiger charge is 2.30. The van der Waals surface area contributed by atoms with Crippen LogP contribution in [-0.4, -0.2) is 44.1 Å². The summed E-state index contributed by atoms with van der Waals surface area (Å²) in [7, 11) is 3.15. The van der Waals surface area contributed by atoms with Gasteiger partial charge in [0.25, 0.3) is 10.0 Å². The van der Waals surface area contributed by atoms with E-state index < -0.39 is 21.7 Å². The number of hydrogen-bond acceptors (Lipinski definition) is 4. The average Bonchev–Trinajstić information content (AvgIpc) is 3.16. The number of amides is 1. The predicted molar refractivity (Wildman–Crippen MR) is 142 cm³/mol. The molecule has 36 heavy (non-hydrogen) atoms. The van der Waals surface area contributed by atoms with Crippen molar-refractivity contribution in [3.63, 3.8) is 0 Å². The Morgan fingerprint density at radius 3 is 2.31 bits per heavy atom. The molecule has 0 saturated carbocycles. The topological polar surface area (TPSA) is 72.5 Å². The zero-order valence-electron chi connectivity index (χ0n) is 21.8. The van der Waals surface area contributed by atoms with Gasteiger partial charge in [-0.2, -0.15) is 7.28 Å². The van der Waals surface area contributed by atoms with Gasteiger partial charge >= 0.3 is 0 Å². The van der Waals surface area contributed by atoms with Gasteiger partial charge in [-0.15, -0.1) is 5.82 Å². The summed E-state index contributed by atoms with van der Waals surface area (Å²) in [4.78, 5) is 14.2. The highest BCUT2D eigenvalue weighted by atomic mass is 32.2. The Balaban J connectivity index is 2.05. The zero-order chi connectivity index (χ0) is 26.5. The number of nitrogens with zero attached hydrogens (tertiary/aromatic N) is 3. The zero-order valence-corrected chi connectivity index (χ0v) is 22.6. The summed E-state index contributed by atoms with van der Waals surface area (Å²) in [5.41, 5.74) is 3.57. The van der Waals surface area contributed by atoms with Crippen LogP contribution in [0.2, 0.25) is 5.82 Å². The molecule has 0 aliphatic carbocycles. The van der Waals surface area contributed by atoms with Crippen molar-refractivity contribution in [1.29, 1.82) is 0 Å². The van der Waals surface area contributed by atoms with Crippen molar-refractivity contribution in [3.05, 3.63) is 83.7 Å². The number of aromatic nitrogens is 2. The first-order valence-corrected chi connectivity index (χ1v) is 13.2. The van der Waals surface area contributed by atoms with Crippen LogP contribution in [0.5, 0.6) is 5.75 Å². The van der Waals surface area contributed by atoms with E-state index in [0.717, 1.165) is 26.7 Å². The summed E-state index contributed by atoms with van der Waals surface area (Å²) < 4.78 is 37.5. The fourth-order valence-corrected chi connectivity index (χ4v) is 5.22. The van der Waals surface area contributed by atoms with Crippen LogP contribution in [0, 0.1) is 6.92 Å². The summed E-state index contributed by atoms with van der Waals surface area (Å²) in [6.45, 7) is 5.62. The molecule has 3 aromatic rings. The third-order valence-electron chi connectivity index (χ3n) is 6.04. The Morgan fingerprint density at radius 2 is 1.78 bits per heavy atom. The van der Waals surface area contributed by atoms with Gasteiger partial charge in [0.2, 0.25) is 0 Å². The summed E-state index contributed by atoms with van der Waals surface area (Å²) in [5, 5.41) is 0. The lowest BCUT2D eigenvalue weighted by Gasteiger charge is -2.32. The maximum atomic E-state index is 14.1. The fourth-order valence-electron chi connectivity index (χ4n) is 3.84. The molecular formula is C27H34BN3O4S. The quantitative estimate of drug-likeness (QED) is 0.240. The van der Waals surface area contributed by atoms with Gasteiger partial charge in [-0.25, -0.2) is 12.7 Å². The number of methoxy groups -OCH3 is 1. The molecule has 1 unspecified atom stereocenters. The first-order valence-electron chi connectivity index (χ1n) is 11.8. The van der Waals surface area contributed by atoms with Crippen molar-refractivity contribution in [3.8, 4) is 5.75 Å². The van der Waals surface area contributed by atoms with Crippen molar-refractivity contribution in [2.75, 3.05) is 13.7 Å². The maximum Gasteiger partial charge on any atom is 0.266 e. The van der Waals surface area contributed by atoms with E-state index in [1.165, 1.54) is 0 Å². The molecule has 2 aromatic carbocycles. The Hall–Kier alpha value is -3.33. The monoisotopic (exact) mass is 507 g/mol. The molecule has 7 nitrogen and oxygen atoms in total. The lowest BCUT2D eigenvalue weighted by Crippen LogP contribution is -2.53. The number of hydrogen-bond donors (Lipinski definition) is 0. The third-order valence-corrected chi connectivity index (χ3v) is 7.82. The highest BCUT2D eigenvalue weighted by molar-refractivity contribution is 7.89. The number of allylic oxidation sites excluding steroid dienone is 1. The molecule has 0 bridgehead atoms. The van der Waals surface area contributed by atoms with Crippen molar-refractivity contribution in [2.24, 2.45) is 14.1 Å². The van der Waals surface area contributed by atoms with E-state index in [9.17, 15) is 13.2 Å². The second kappa shape index (κ2) is 11.6. The number of carbonyl (C=O) groups excluding carboxylic acids is 1. The lowest BCUT2D eigenvalue weighted by molar-refractivity contribution is -0.653. The van der Waals surface area contributed by atoms with Gasteiger partial charge in [0.15, 0.2) is 5.91 Å². The van der Waals surface area contributed by atoms with Crippen LogP contribution in [0.3, 0.4) is 0 Å². The number of imidazole rings is 1. The van der Waals surface area contributed by atoms with E-state index in [-0.39, 0.29) is 11.4 Å². The molecule has 1 aromatic heterocycles. The van der Waals surface area contributed by atoms with Crippen molar-refractivity contribution >= 4 is 28.9 Å². The Bertz CT molecular complexity index is 1310. The lowest BCUT2D eigenvalue weighted by atomic mass is 9.60. The number of rotatable bonds is 10. The third kappa shape index (κ3) is 6.46. The van der Waals surface area contributed by atoms with Gasteiger partial charge < -0.3 is 4.74 Å². The number of ether oxygens (including phenoxy) is 1. The van der Waals surface area contributed by atoms with Crippen LogP contribution in [-0.2, 0) is 35.3 Å². The largest absolute Gasteiger partial charge is 0.497 e. The molecular weight excluding hydrogens is 473 g/mol. The Morgan fingerprint density at radius 1 is 1.14 bits per heavy atom. The van der Waals surface area contributed by atoms with Gasteiger partial charge in [0.05, 0.1) is 32.6 Å². The first kappa shape index (κ1) is 27.3. The summed E-state index contributed by atoms with van der Waals surface area (Å²) in [5.74, 6) is -0.486. The van der Waals surface area contributed by atoms with E-state index in [0.29, 0.717) is 12.2 Å². The molecule has 3 rings (SSSR count). The van der Waals surface area contributed by atoms with Crippen LogP contribution >= 0.6 is 0 Å². The summed E-state index contributed by atoms with van der Waals surface area (Å²) in [6, 6.07) is 14.0. The number of sulfonamides is 1. The molecule has 2 radical (unpaired) electrons. The van der Waals surface area contributed by atoms with E-state index in [2.05, 4.69) is 0 Å².